The Balaban J connectivity index is 1.46. The van der Waals surface area contributed by atoms with Crippen molar-refractivity contribution >= 4 is 5.91 Å². The molecule has 4 heteroatoms. The zero-order valence-electron chi connectivity index (χ0n) is 14.6. The van der Waals surface area contributed by atoms with Gasteiger partial charge in [0.15, 0.2) is 0 Å². The van der Waals surface area contributed by atoms with E-state index in [1.165, 1.54) is 5.56 Å². The summed E-state index contributed by atoms with van der Waals surface area (Å²) in [5, 5.41) is 0. The highest BCUT2D eigenvalue weighted by Crippen LogP contribution is 2.27. The van der Waals surface area contributed by atoms with Gasteiger partial charge in [-0.2, -0.15) is 0 Å². The lowest BCUT2D eigenvalue weighted by molar-refractivity contribution is -0.132. The molecule has 0 atom stereocenters. The number of furan rings is 1. The number of carbonyl (C=O) groups is 1. The van der Waals surface area contributed by atoms with Crippen LogP contribution in [0.5, 0.6) is 0 Å². The van der Waals surface area contributed by atoms with Gasteiger partial charge in [-0.1, -0.05) is 30.3 Å². The molecule has 1 aliphatic rings. The summed E-state index contributed by atoms with van der Waals surface area (Å²) in [5.41, 5.74) is 1.42. The molecule has 0 unspecified atom stereocenters. The zero-order chi connectivity index (χ0) is 16.9. The fourth-order valence-corrected chi connectivity index (χ4v) is 3.35. The van der Waals surface area contributed by atoms with Crippen LogP contribution in [0.15, 0.2) is 46.9 Å². The van der Waals surface area contributed by atoms with Crippen molar-refractivity contribution in [2.75, 3.05) is 26.7 Å². The highest BCUT2D eigenvalue weighted by molar-refractivity contribution is 5.77. The van der Waals surface area contributed by atoms with E-state index in [2.05, 4.69) is 35.2 Å². The number of benzene rings is 1. The molecule has 1 fully saturated rings. The predicted molar refractivity (Wildman–Crippen MR) is 94.8 cm³/mol. The monoisotopic (exact) mass is 326 g/mol. The van der Waals surface area contributed by atoms with E-state index in [9.17, 15) is 4.79 Å². The molecular weight excluding hydrogens is 300 g/mol. The first-order chi connectivity index (χ1) is 11.6. The molecule has 0 bridgehead atoms. The van der Waals surface area contributed by atoms with Crippen molar-refractivity contribution in [1.29, 1.82) is 0 Å². The van der Waals surface area contributed by atoms with E-state index in [1.54, 1.807) is 4.90 Å². The molecule has 0 radical (unpaired) electrons. The first kappa shape index (κ1) is 16.8. The van der Waals surface area contributed by atoms with Crippen molar-refractivity contribution in [1.82, 2.24) is 9.80 Å². The molecule has 3 rings (SSSR count). The quantitative estimate of drug-likeness (QED) is 0.845. The van der Waals surface area contributed by atoms with Crippen molar-refractivity contribution in [2.24, 2.45) is 0 Å². The Hall–Kier alpha value is -2.07. The number of piperidine rings is 1. The summed E-state index contributed by atoms with van der Waals surface area (Å²) in [4.78, 5) is 16.4. The standard InChI is InChI=1S/C20H26N2O2/c1-16-8-9-19(24-16)14-21(2)20(23)15-22-12-10-18(11-13-22)17-6-4-3-5-7-17/h3-9,18H,10-15H2,1-2H3. The number of likely N-dealkylation sites (N-methyl/N-ethyl adjacent to an activating group) is 1. The lowest BCUT2D eigenvalue weighted by Crippen LogP contribution is -2.41. The van der Waals surface area contributed by atoms with Crippen LogP contribution in [-0.4, -0.2) is 42.4 Å². The van der Waals surface area contributed by atoms with Crippen LogP contribution in [0.25, 0.3) is 0 Å². The van der Waals surface area contributed by atoms with E-state index in [1.807, 2.05) is 26.1 Å². The minimum Gasteiger partial charge on any atom is -0.464 e. The van der Waals surface area contributed by atoms with E-state index in [4.69, 9.17) is 4.42 Å². The second-order valence-electron chi connectivity index (χ2n) is 6.72. The fraction of sp³-hybridized carbons (Fsp3) is 0.450. The summed E-state index contributed by atoms with van der Waals surface area (Å²) in [6.07, 6.45) is 2.25. The van der Waals surface area contributed by atoms with Gasteiger partial charge in [0.25, 0.3) is 0 Å². The third-order valence-electron chi connectivity index (χ3n) is 4.83. The molecule has 2 aromatic rings. The molecule has 1 aromatic heterocycles. The van der Waals surface area contributed by atoms with Crippen molar-refractivity contribution in [2.45, 2.75) is 32.2 Å². The van der Waals surface area contributed by atoms with Crippen LogP contribution in [0.2, 0.25) is 0 Å². The van der Waals surface area contributed by atoms with Crippen LogP contribution >= 0.6 is 0 Å². The van der Waals surface area contributed by atoms with Crippen molar-refractivity contribution in [3.63, 3.8) is 0 Å². The second-order valence-corrected chi connectivity index (χ2v) is 6.72. The van der Waals surface area contributed by atoms with E-state index in [-0.39, 0.29) is 5.91 Å². The fourth-order valence-electron chi connectivity index (χ4n) is 3.35. The number of carbonyl (C=O) groups excluding carboxylic acids is 1. The van der Waals surface area contributed by atoms with Gasteiger partial charge in [0.2, 0.25) is 5.91 Å². The third kappa shape index (κ3) is 4.26. The van der Waals surface area contributed by atoms with Crippen LogP contribution in [0.1, 0.15) is 35.8 Å². The molecule has 0 spiro atoms. The van der Waals surface area contributed by atoms with E-state index < -0.39 is 0 Å². The van der Waals surface area contributed by atoms with Gasteiger partial charge in [0.1, 0.15) is 11.5 Å². The Morgan fingerprint density at radius 2 is 1.88 bits per heavy atom. The van der Waals surface area contributed by atoms with Crippen LogP contribution < -0.4 is 0 Å². The Morgan fingerprint density at radius 3 is 2.50 bits per heavy atom. The Labute approximate surface area is 144 Å². The molecule has 1 aromatic carbocycles. The first-order valence-electron chi connectivity index (χ1n) is 8.68. The van der Waals surface area contributed by atoms with E-state index in [0.29, 0.717) is 19.0 Å². The molecule has 2 heterocycles. The summed E-state index contributed by atoms with van der Waals surface area (Å²) in [6.45, 7) is 4.92. The smallest absolute Gasteiger partial charge is 0.236 e. The molecule has 1 amide bonds. The van der Waals surface area contributed by atoms with Gasteiger partial charge < -0.3 is 9.32 Å². The number of amides is 1. The first-order valence-corrected chi connectivity index (χ1v) is 8.68. The van der Waals surface area contributed by atoms with Gasteiger partial charge in [-0.25, -0.2) is 0 Å². The summed E-state index contributed by atoms with van der Waals surface area (Å²) in [7, 11) is 1.84. The highest BCUT2D eigenvalue weighted by atomic mass is 16.3. The largest absolute Gasteiger partial charge is 0.464 e. The average molecular weight is 326 g/mol. The molecule has 0 saturated carbocycles. The summed E-state index contributed by atoms with van der Waals surface area (Å²) < 4.78 is 5.55. The predicted octanol–water partition coefficient (Wildman–Crippen LogP) is 3.43. The Bertz CT molecular complexity index is 657. The Morgan fingerprint density at radius 1 is 1.17 bits per heavy atom. The maximum absolute atomic E-state index is 12.4. The van der Waals surface area contributed by atoms with Crippen LogP contribution in [0.4, 0.5) is 0 Å². The minimum atomic E-state index is 0.155. The molecule has 0 aliphatic carbocycles. The van der Waals surface area contributed by atoms with Gasteiger partial charge >= 0.3 is 0 Å². The molecule has 0 N–H and O–H groups in total. The van der Waals surface area contributed by atoms with Gasteiger partial charge in [0, 0.05) is 7.05 Å². The molecule has 24 heavy (non-hydrogen) atoms. The molecular formula is C20H26N2O2. The van der Waals surface area contributed by atoms with Crippen molar-refractivity contribution in [3.05, 3.63) is 59.5 Å². The van der Waals surface area contributed by atoms with Gasteiger partial charge in [-0.05, 0) is 56.5 Å². The Kier molecular flexibility index (Phi) is 5.36. The topological polar surface area (TPSA) is 36.7 Å². The number of hydrogen-bond acceptors (Lipinski definition) is 3. The van der Waals surface area contributed by atoms with Crippen molar-refractivity contribution in [3.8, 4) is 0 Å². The lowest BCUT2D eigenvalue weighted by Gasteiger charge is -2.32. The normalized spacial score (nSPS) is 16.2. The number of likely N-dealkylation sites (tertiary alicyclic amines) is 1. The lowest BCUT2D eigenvalue weighted by atomic mass is 9.89. The molecule has 1 saturated heterocycles. The van der Waals surface area contributed by atoms with Crippen LogP contribution in [0, 0.1) is 6.92 Å². The average Bonchev–Trinajstić information content (AvgIpc) is 3.01. The molecule has 4 nitrogen and oxygen atoms in total. The van der Waals surface area contributed by atoms with E-state index >= 15 is 0 Å². The number of nitrogens with zero attached hydrogens (tertiary/aromatic N) is 2. The maximum Gasteiger partial charge on any atom is 0.236 e. The van der Waals surface area contributed by atoms with E-state index in [0.717, 1.165) is 37.5 Å². The molecule has 1 aliphatic heterocycles. The van der Waals surface area contributed by atoms with Gasteiger partial charge in [-0.15, -0.1) is 0 Å². The molecule has 128 valence electrons. The van der Waals surface area contributed by atoms with Crippen LogP contribution in [0.3, 0.4) is 0 Å². The number of hydrogen-bond donors (Lipinski definition) is 0. The van der Waals surface area contributed by atoms with Crippen LogP contribution in [-0.2, 0) is 11.3 Å². The van der Waals surface area contributed by atoms with Gasteiger partial charge in [0.05, 0.1) is 13.1 Å². The highest BCUT2D eigenvalue weighted by Gasteiger charge is 2.23. The SMILES string of the molecule is Cc1ccc(CN(C)C(=O)CN2CCC(c3ccccc3)CC2)o1. The minimum absolute atomic E-state index is 0.155. The second kappa shape index (κ2) is 7.67. The summed E-state index contributed by atoms with van der Waals surface area (Å²) in [6, 6.07) is 14.6. The van der Waals surface area contributed by atoms with Gasteiger partial charge in [-0.3, -0.25) is 9.69 Å². The number of rotatable bonds is 5. The van der Waals surface area contributed by atoms with Crippen molar-refractivity contribution < 1.29 is 9.21 Å². The summed E-state index contributed by atoms with van der Waals surface area (Å²) >= 11 is 0. The maximum atomic E-state index is 12.4. The third-order valence-corrected chi connectivity index (χ3v) is 4.83. The number of aryl methyl sites for hydroxylation is 1. The summed E-state index contributed by atoms with van der Waals surface area (Å²) in [5.74, 6) is 2.50. The zero-order valence-corrected chi connectivity index (χ0v) is 14.6.